The number of ether oxygens (including phenoxy) is 1. The molecule has 0 bridgehead atoms. The summed E-state index contributed by atoms with van der Waals surface area (Å²) in [5, 5.41) is 2.74. The first-order chi connectivity index (χ1) is 15.0. The zero-order chi connectivity index (χ0) is 23.5. The molecular weight excluding hydrogens is 428 g/mol. The van der Waals surface area contributed by atoms with Crippen molar-refractivity contribution in [3.05, 3.63) is 71.0 Å². The Morgan fingerprint density at radius 2 is 1.59 bits per heavy atom. The molecule has 3 rings (SSSR count). The van der Waals surface area contributed by atoms with Gasteiger partial charge in [-0.3, -0.25) is 4.79 Å². The van der Waals surface area contributed by atoms with Crippen LogP contribution in [0.15, 0.2) is 53.4 Å². The molecule has 0 fully saturated rings. The lowest BCUT2D eigenvalue weighted by atomic mass is 10.1. The molecule has 8 nitrogen and oxygen atoms in total. The van der Waals surface area contributed by atoms with Crippen molar-refractivity contribution < 1.29 is 17.9 Å². The summed E-state index contributed by atoms with van der Waals surface area (Å²) in [5.41, 5.74) is 3.82. The Labute approximate surface area is 188 Å². The first-order valence-corrected chi connectivity index (χ1v) is 11.5. The highest BCUT2D eigenvalue weighted by Gasteiger charge is 2.19. The van der Waals surface area contributed by atoms with Crippen LogP contribution in [-0.2, 0) is 14.8 Å². The number of amides is 1. The van der Waals surface area contributed by atoms with Gasteiger partial charge in [0, 0.05) is 17.1 Å². The third kappa shape index (κ3) is 5.61. The van der Waals surface area contributed by atoms with Gasteiger partial charge in [-0.25, -0.2) is 23.1 Å². The molecule has 32 heavy (non-hydrogen) atoms. The van der Waals surface area contributed by atoms with Crippen LogP contribution in [0.4, 0.5) is 11.6 Å². The molecule has 0 radical (unpaired) electrons. The fourth-order valence-electron chi connectivity index (χ4n) is 3.01. The smallest absolute Gasteiger partial charge is 0.265 e. The normalized spacial score (nSPS) is 12.2. The van der Waals surface area contributed by atoms with E-state index in [0.717, 1.165) is 11.1 Å². The molecule has 0 aliphatic carbocycles. The minimum Gasteiger partial charge on any atom is -0.481 e. The molecule has 0 aliphatic rings. The maximum atomic E-state index is 12.6. The summed E-state index contributed by atoms with van der Waals surface area (Å²) in [7, 11) is -3.87. The Morgan fingerprint density at radius 1 is 0.969 bits per heavy atom. The standard InChI is InChI=1S/C23H26N4O4S/c1-14-7-6-8-21(17(14)4)31-18(5)22(28)26-19-9-11-20(12-10-19)32(29,30)27-23-24-15(2)13-16(3)25-23/h6-13,18H,1-5H3,(H,26,28)(H,24,25,27)/t18-/m1/s1. The van der Waals surface area contributed by atoms with E-state index < -0.39 is 16.1 Å². The number of aryl methyl sites for hydroxylation is 3. The van der Waals surface area contributed by atoms with E-state index in [9.17, 15) is 13.2 Å². The average Bonchev–Trinajstić information content (AvgIpc) is 2.70. The Balaban J connectivity index is 1.67. The number of carbonyl (C=O) groups excluding carboxylic acids is 1. The van der Waals surface area contributed by atoms with Crippen molar-refractivity contribution in [3.63, 3.8) is 0 Å². The fourth-order valence-corrected chi connectivity index (χ4v) is 3.95. The molecule has 0 saturated heterocycles. The molecule has 1 aromatic heterocycles. The van der Waals surface area contributed by atoms with Crippen molar-refractivity contribution in [3.8, 4) is 5.75 Å². The van der Waals surface area contributed by atoms with E-state index >= 15 is 0 Å². The zero-order valence-corrected chi connectivity index (χ0v) is 19.4. The molecule has 1 amide bonds. The van der Waals surface area contributed by atoms with Gasteiger partial charge in [0.05, 0.1) is 4.90 Å². The van der Waals surface area contributed by atoms with Crippen molar-refractivity contribution in [1.29, 1.82) is 0 Å². The van der Waals surface area contributed by atoms with Crippen LogP contribution in [0.25, 0.3) is 0 Å². The van der Waals surface area contributed by atoms with Crippen LogP contribution in [0.5, 0.6) is 5.75 Å². The summed E-state index contributed by atoms with van der Waals surface area (Å²) < 4.78 is 33.4. The summed E-state index contributed by atoms with van der Waals surface area (Å²) in [4.78, 5) is 20.7. The van der Waals surface area contributed by atoms with Gasteiger partial charge < -0.3 is 10.1 Å². The van der Waals surface area contributed by atoms with Gasteiger partial charge in [-0.1, -0.05) is 12.1 Å². The Hall–Kier alpha value is -3.46. The van der Waals surface area contributed by atoms with E-state index in [1.54, 1.807) is 26.8 Å². The summed E-state index contributed by atoms with van der Waals surface area (Å²) in [6.45, 7) is 9.09. The molecule has 1 atom stereocenters. The first-order valence-electron chi connectivity index (χ1n) is 10.0. The van der Waals surface area contributed by atoms with Gasteiger partial charge in [-0.2, -0.15) is 0 Å². The van der Waals surface area contributed by atoms with Crippen molar-refractivity contribution >= 4 is 27.6 Å². The lowest BCUT2D eigenvalue weighted by Crippen LogP contribution is -2.30. The van der Waals surface area contributed by atoms with Gasteiger partial charge in [-0.15, -0.1) is 0 Å². The van der Waals surface area contributed by atoms with Crippen LogP contribution in [-0.4, -0.2) is 30.4 Å². The summed E-state index contributed by atoms with van der Waals surface area (Å²) >= 11 is 0. The lowest BCUT2D eigenvalue weighted by molar-refractivity contribution is -0.122. The minimum atomic E-state index is -3.87. The van der Waals surface area contributed by atoms with Crippen LogP contribution >= 0.6 is 0 Å². The van der Waals surface area contributed by atoms with Crippen LogP contribution in [0.1, 0.15) is 29.4 Å². The van der Waals surface area contributed by atoms with Gasteiger partial charge >= 0.3 is 0 Å². The molecule has 1 heterocycles. The third-order valence-electron chi connectivity index (χ3n) is 4.87. The van der Waals surface area contributed by atoms with Crippen LogP contribution in [0.3, 0.4) is 0 Å². The SMILES string of the molecule is Cc1cc(C)nc(NS(=O)(=O)c2ccc(NC(=O)[C@@H](C)Oc3cccc(C)c3C)cc2)n1. The number of aromatic nitrogens is 2. The maximum Gasteiger partial charge on any atom is 0.265 e. The maximum absolute atomic E-state index is 12.6. The number of sulfonamides is 1. The topological polar surface area (TPSA) is 110 Å². The number of anilines is 2. The highest BCUT2D eigenvalue weighted by Crippen LogP contribution is 2.22. The van der Waals surface area contributed by atoms with Crippen LogP contribution in [0, 0.1) is 27.7 Å². The highest BCUT2D eigenvalue weighted by molar-refractivity contribution is 7.92. The van der Waals surface area contributed by atoms with Gasteiger partial charge in [0.1, 0.15) is 5.75 Å². The predicted molar refractivity (Wildman–Crippen MR) is 123 cm³/mol. The predicted octanol–water partition coefficient (Wildman–Crippen LogP) is 3.92. The monoisotopic (exact) mass is 454 g/mol. The summed E-state index contributed by atoms with van der Waals surface area (Å²) in [6, 6.07) is 13.2. The molecule has 9 heteroatoms. The number of hydrogen-bond acceptors (Lipinski definition) is 6. The molecule has 0 spiro atoms. The molecule has 3 aromatic rings. The molecule has 168 valence electrons. The zero-order valence-electron chi connectivity index (χ0n) is 18.6. The van der Waals surface area contributed by atoms with Crippen molar-refractivity contribution in [2.45, 2.75) is 45.6 Å². The van der Waals surface area contributed by atoms with E-state index in [1.807, 2.05) is 32.0 Å². The lowest BCUT2D eigenvalue weighted by Gasteiger charge is -2.17. The second-order valence-corrected chi connectivity index (χ2v) is 9.23. The summed E-state index contributed by atoms with van der Waals surface area (Å²) in [6.07, 6.45) is -0.734. The molecule has 0 aliphatic heterocycles. The first kappa shape index (κ1) is 23.2. The number of rotatable bonds is 7. The van der Waals surface area contributed by atoms with Gasteiger partial charge in [0.25, 0.3) is 15.9 Å². The van der Waals surface area contributed by atoms with Crippen molar-refractivity contribution in [2.24, 2.45) is 0 Å². The fraction of sp³-hybridized carbons (Fsp3) is 0.261. The minimum absolute atomic E-state index is 0.0114. The summed E-state index contributed by atoms with van der Waals surface area (Å²) in [5.74, 6) is 0.314. The van der Waals surface area contributed by atoms with Gasteiger partial charge in [0.2, 0.25) is 5.95 Å². The Kier molecular flexibility index (Phi) is 6.78. The quantitative estimate of drug-likeness (QED) is 0.560. The van der Waals surface area contributed by atoms with E-state index in [0.29, 0.717) is 22.8 Å². The van der Waals surface area contributed by atoms with E-state index in [4.69, 9.17) is 4.74 Å². The highest BCUT2D eigenvalue weighted by atomic mass is 32.2. The van der Waals surface area contributed by atoms with Crippen LogP contribution in [0.2, 0.25) is 0 Å². The third-order valence-corrected chi connectivity index (χ3v) is 6.21. The van der Waals surface area contributed by atoms with Crippen molar-refractivity contribution in [2.75, 3.05) is 10.0 Å². The van der Waals surface area contributed by atoms with E-state index in [1.165, 1.54) is 24.3 Å². The number of nitrogens with one attached hydrogen (secondary N) is 2. The molecule has 2 aromatic carbocycles. The second-order valence-electron chi connectivity index (χ2n) is 7.55. The number of nitrogens with zero attached hydrogens (tertiary/aromatic N) is 2. The molecule has 0 unspecified atom stereocenters. The second kappa shape index (κ2) is 9.35. The molecular formula is C23H26N4O4S. The van der Waals surface area contributed by atoms with Gasteiger partial charge in [-0.05, 0) is 82.1 Å². The molecule has 2 N–H and O–H groups in total. The Morgan fingerprint density at radius 3 is 2.22 bits per heavy atom. The number of benzene rings is 2. The van der Waals surface area contributed by atoms with E-state index in [-0.39, 0.29) is 16.8 Å². The largest absolute Gasteiger partial charge is 0.481 e. The Bertz CT molecular complexity index is 1220. The van der Waals surface area contributed by atoms with E-state index in [2.05, 4.69) is 20.0 Å². The number of carbonyl (C=O) groups is 1. The molecule has 0 saturated carbocycles. The number of hydrogen-bond donors (Lipinski definition) is 2. The van der Waals surface area contributed by atoms with Crippen molar-refractivity contribution in [1.82, 2.24) is 9.97 Å². The average molecular weight is 455 g/mol. The van der Waals surface area contributed by atoms with Gasteiger partial charge in [0.15, 0.2) is 6.10 Å². The van der Waals surface area contributed by atoms with Crippen LogP contribution < -0.4 is 14.8 Å².